The quantitative estimate of drug-likeness (QED) is 0.853. The van der Waals surface area contributed by atoms with E-state index >= 15 is 0 Å². The fourth-order valence-corrected chi connectivity index (χ4v) is 2.81. The molecule has 0 unspecified atom stereocenters. The Kier molecular flexibility index (Phi) is 4.76. The van der Waals surface area contributed by atoms with Crippen LogP contribution in [0.2, 0.25) is 0 Å². The van der Waals surface area contributed by atoms with Crippen molar-refractivity contribution in [3.8, 4) is 0 Å². The van der Waals surface area contributed by atoms with Crippen LogP contribution in [0.1, 0.15) is 40.0 Å². The lowest BCUT2D eigenvalue weighted by Gasteiger charge is -2.42. The Morgan fingerprint density at radius 3 is 2.14 bits per heavy atom. The van der Waals surface area contributed by atoms with Crippen molar-refractivity contribution in [1.29, 1.82) is 0 Å². The zero-order chi connectivity index (χ0) is 15.6. The van der Waals surface area contributed by atoms with Crippen LogP contribution in [0.4, 0.5) is 4.79 Å². The number of piperazine rings is 1. The Labute approximate surface area is 126 Å². The molecule has 0 atom stereocenters. The molecule has 2 rings (SSSR count). The molecule has 1 saturated heterocycles. The van der Waals surface area contributed by atoms with E-state index in [-0.39, 0.29) is 24.5 Å². The molecular formula is C15H27N3O3. The van der Waals surface area contributed by atoms with Gasteiger partial charge >= 0.3 is 12.0 Å². The molecule has 1 heterocycles. The van der Waals surface area contributed by atoms with Crippen LogP contribution in [0.25, 0.3) is 0 Å². The summed E-state index contributed by atoms with van der Waals surface area (Å²) in [5.74, 6) is -0.865. The molecular weight excluding hydrogens is 270 g/mol. The summed E-state index contributed by atoms with van der Waals surface area (Å²) in [6, 6.07) is 0.715. The summed E-state index contributed by atoms with van der Waals surface area (Å²) < 4.78 is 0. The zero-order valence-corrected chi connectivity index (χ0v) is 13.3. The van der Waals surface area contributed by atoms with Crippen molar-refractivity contribution in [2.75, 3.05) is 32.7 Å². The van der Waals surface area contributed by atoms with E-state index in [0.29, 0.717) is 0 Å². The number of carboxylic acid groups (broad SMARTS) is 1. The first-order valence-corrected chi connectivity index (χ1v) is 7.81. The van der Waals surface area contributed by atoms with Crippen LogP contribution in [0, 0.1) is 0 Å². The summed E-state index contributed by atoms with van der Waals surface area (Å²) in [5, 5.41) is 8.86. The number of urea groups is 1. The number of carbonyl (C=O) groups is 2. The lowest BCUT2D eigenvalue weighted by atomic mass is 10.1. The molecule has 21 heavy (non-hydrogen) atoms. The van der Waals surface area contributed by atoms with Crippen molar-refractivity contribution >= 4 is 12.0 Å². The Balaban J connectivity index is 1.92. The number of hydrogen-bond acceptors (Lipinski definition) is 3. The largest absolute Gasteiger partial charge is 0.481 e. The van der Waals surface area contributed by atoms with Gasteiger partial charge in [-0.3, -0.25) is 9.69 Å². The van der Waals surface area contributed by atoms with Gasteiger partial charge in [-0.15, -0.1) is 0 Å². The fourth-order valence-electron chi connectivity index (χ4n) is 2.81. The molecule has 2 fully saturated rings. The summed E-state index contributed by atoms with van der Waals surface area (Å²) in [6.45, 7) is 9.48. The van der Waals surface area contributed by atoms with Gasteiger partial charge in [0.05, 0.1) is 6.42 Å². The Morgan fingerprint density at radius 2 is 1.71 bits per heavy atom. The first-order valence-electron chi connectivity index (χ1n) is 7.81. The maximum atomic E-state index is 12.7. The first-order chi connectivity index (χ1) is 9.79. The van der Waals surface area contributed by atoms with E-state index in [2.05, 4.69) is 4.90 Å². The number of nitrogens with zero attached hydrogens (tertiary/aromatic N) is 3. The molecule has 0 bridgehead atoms. The average molecular weight is 297 g/mol. The highest BCUT2D eigenvalue weighted by Crippen LogP contribution is 2.28. The van der Waals surface area contributed by atoms with E-state index in [1.807, 2.05) is 25.7 Å². The molecule has 0 aromatic heterocycles. The van der Waals surface area contributed by atoms with Crippen molar-refractivity contribution in [3.05, 3.63) is 0 Å². The first kappa shape index (κ1) is 16.1. The van der Waals surface area contributed by atoms with Gasteiger partial charge in [0.2, 0.25) is 0 Å². The van der Waals surface area contributed by atoms with Crippen molar-refractivity contribution in [2.24, 2.45) is 0 Å². The van der Waals surface area contributed by atoms with E-state index in [9.17, 15) is 9.59 Å². The van der Waals surface area contributed by atoms with Gasteiger partial charge in [0.15, 0.2) is 0 Å². The summed E-state index contributed by atoms with van der Waals surface area (Å²) in [4.78, 5) is 29.5. The second-order valence-electron chi connectivity index (χ2n) is 7.00. The van der Waals surface area contributed by atoms with E-state index in [4.69, 9.17) is 5.11 Å². The normalized spacial score (nSPS) is 20.4. The maximum Gasteiger partial charge on any atom is 0.320 e. The number of aliphatic carboxylic acids is 1. The van der Waals surface area contributed by atoms with Gasteiger partial charge in [-0.2, -0.15) is 0 Å². The van der Waals surface area contributed by atoms with Gasteiger partial charge in [-0.25, -0.2) is 4.79 Å². The van der Waals surface area contributed by atoms with Gasteiger partial charge in [0.1, 0.15) is 0 Å². The minimum Gasteiger partial charge on any atom is -0.481 e. The monoisotopic (exact) mass is 297 g/mol. The van der Waals surface area contributed by atoms with Crippen molar-refractivity contribution < 1.29 is 14.7 Å². The third-order valence-corrected chi connectivity index (χ3v) is 4.24. The summed E-state index contributed by atoms with van der Waals surface area (Å²) in [6.07, 6.45) is 2.58. The average Bonchev–Trinajstić information content (AvgIpc) is 3.21. The second-order valence-corrected chi connectivity index (χ2v) is 7.00. The molecule has 0 radical (unpaired) electrons. The van der Waals surface area contributed by atoms with Gasteiger partial charge < -0.3 is 14.9 Å². The van der Waals surface area contributed by atoms with Gasteiger partial charge in [0.25, 0.3) is 0 Å². The number of hydrogen-bond donors (Lipinski definition) is 1. The topological polar surface area (TPSA) is 64.1 Å². The number of carboxylic acids is 1. The van der Waals surface area contributed by atoms with Crippen LogP contribution >= 0.6 is 0 Å². The molecule has 120 valence electrons. The molecule has 1 aliphatic carbocycles. The van der Waals surface area contributed by atoms with Crippen LogP contribution in [0.5, 0.6) is 0 Å². The summed E-state index contributed by atoms with van der Waals surface area (Å²) in [5.41, 5.74) is -0.361. The fraction of sp³-hybridized carbons (Fsp3) is 0.867. The molecule has 0 aromatic rings. The minimum absolute atomic E-state index is 0.00888. The Bertz CT molecular complexity index is 393. The molecule has 2 aliphatic rings. The molecule has 0 spiro atoms. The Hall–Kier alpha value is -1.30. The third kappa shape index (κ3) is 4.33. The minimum atomic E-state index is -0.865. The van der Waals surface area contributed by atoms with Gasteiger partial charge in [-0.1, -0.05) is 0 Å². The highest BCUT2D eigenvalue weighted by molar-refractivity contribution is 5.76. The molecule has 1 saturated carbocycles. The van der Waals surface area contributed by atoms with Crippen LogP contribution in [0.15, 0.2) is 0 Å². The number of rotatable bonds is 4. The lowest BCUT2D eigenvalue weighted by molar-refractivity contribution is -0.137. The number of carbonyl (C=O) groups excluding carboxylic acids is 1. The van der Waals surface area contributed by atoms with Crippen LogP contribution in [-0.2, 0) is 4.79 Å². The van der Waals surface area contributed by atoms with E-state index in [1.54, 1.807) is 4.90 Å². The smallest absolute Gasteiger partial charge is 0.320 e. The van der Waals surface area contributed by atoms with E-state index in [1.165, 1.54) is 12.8 Å². The summed E-state index contributed by atoms with van der Waals surface area (Å²) in [7, 11) is 0. The van der Waals surface area contributed by atoms with Crippen molar-refractivity contribution in [2.45, 2.75) is 51.6 Å². The van der Waals surface area contributed by atoms with Crippen LogP contribution in [0.3, 0.4) is 0 Å². The predicted octanol–water partition coefficient (Wildman–Crippen LogP) is 1.46. The van der Waals surface area contributed by atoms with E-state index < -0.39 is 5.97 Å². The summed E-state index contributed by atoms with van der Waals surface area (Å²) >= 11 is 0. The van der Waals surface area contributed by atoms with Crippen molar-refractivity contribution in [3.63, 3.8) is 0 Å². The maximum absolute atomic E-state index is 12.7. The van der Waals surface area contributed by atoms with Crippen molar-refractivity contribution in [1.82, 2.24) is 14.7 Å². The molecule has 0 aromatic carbocycles. The van der Waals surface area contributed by atoms with Gasteiger partial charge in [-0.05, 0) is 33.6 Å². The molecule has 1 N–H and O–H groups in total. The second kappa shape index (κ2) is 6.22. The molecule has 2 amide bonds. The third-order valence-electron chi connectivity index (χ3n) is 4.24. The highest BCUT2D eigenvalue weighted by Gasteiger charge is 2.35. The molecule has 6 heteroatoms. The van der Waals surface area contributed by atoms with E-state index in [0.717, 1.165) is 32.2 Å². The number of amides is 2. The SMILES string of the molecule is CC(C)(C)N(CCC(=O)O)C(=O)N1CCN(C2CC2)CC1. The lowest BCUT2D eigenvalue weighted by Crippen LogP contribution is -2.57. The molecule has 6 nitrogen and oxygen atoms in total. The standard InChI is InChI=1S/C15H27N3O3/c1-15(2,3)18(7-6-13(19)20)14(21)17-10-8-16(9-11-17)12-4-5-12/h12H,4-11H2,1-3H3,(H,19,20). The molecule has 1 aliphatic heterocycles. The zero-order valence-electron chi connectivity index (χ0n) is 13.3. The van der Waals surface area contributed by atoms with Crippen LogP contribution < -0.4 is 0 Å². The van der Waals surface area contributed by atoms with Gasteiger partial charge in [0, 0.05) is 44.3 Å². The Morgan fingerprint density at radius 1 is 1.14 bits per heavy atom. The van der Waals surface area contributed by atoms with Crippen LogP contribution in [-0.4, -0.2) is 76.1 Å². The highest BCUT2D eigenvalue weighted by atomic mass is 16.4. The predicted molar refractivity (Wildman–Crippen MR) is 80.3 cm³/mol.